The molecule has 0 heterocycles. The fraction of sp³-hybridized carbons (Fsp3) is 0.0769. The van der Waals surface area contributed by atoms with Gasteiger partial charge in [-0.2, -0.15) is 0 Å². The fourth-order valence-corrected chi connectivity index (χ4v) is 3.73. The van der Waals surface area contributed by atoms with E-state index in [-0.39, 0.29) is 11.5 Å². The first-order chi connectivity index (χ1) is 10.6. The Morgan fingerprint density at radius 3 is 1.83 bits per heavy atom. The van der Waals surface area contributed by atoms with Crippen molar-refractivity contribution in [1.29, 1.82) is 0 Å². The lowest BCUT2D eigenvalue weighted by atomic mass is 10.2. The van der Waals surface area contributed by atoms with Gasteiger partial charge >= 0.3 is 13.0 Å². The van der Waals surface area contributed by atoms with E-state index in [0.29, 0.717) is 5.75 Å². The Labute approximate surface area is 147 Å². The number of halogens is 3. The molecule has 0 N–H and O–H groups in total. The molecule has 124 valence electrons. The summed E-state index contributed by atoms with van der Waals surface area (Å²) >= 11 is 16.4. The Morgan fingerprint density at radius 1 is 0.783 bits per heavy atom. The molecule has 0 aliphatic rings. The molecule has 5 nitrogen and oxygen atoms in total. The molecule has 10 heteroatoms. The third-order valence-electron chi connectivity index (χ3n) is 2.45. The molecule has 2 aromatic rings. The highest BCUT2D eigenvalue weighted by molar-refractivity contribution is 8.05. The molecule has 0 saturated carbocycles. The Kier molecular flexibility index (Phi) is 5.94. The van der Waals surface area contributed by atoms with E-state index < -0.39 is 13.0 Å². The summed E-state index contributed by atoms with van der Waals surface area (Å²) in [6.45, 7) is -2.03. The molecule has 0 aliphatic heterocycles. The normalized spacial score (nSPS) is 13.9. The van der Waals surface area contributed by atoms with E-state index in [2.05, 4.69) is 0 Å². The molecule has 0 fully saturated rings. The topological polar surface area (TPSA) is 61.8 Å². The first kappa shape index (κ1) is 18.5. The number of benzene rings is 2. The van der Waals surface area contributed by atoms with Gasteiger partial charge in [0.2, 0.25) is 0 Å². The lowest BCUT2D eigenvalue weighted by molar-refractivity contribution is 0.406. The van der Waals surface area contributed by atoms with Gasteiger partial charge in [-0.25, -0.2) is 9.13 Å². The minimum Gasteiger partial charge on any atom is -0.422 e. The molecule has 0 aliphatic carbocycles. The van der Waals surface area contributed by atoms with Gasteiger partial charge in [-0.05, 0) is 48.9 Å². The quantitative estimate of drug-likeness (QED) is 0.488. The summed E-state index contributed by atoms with van der Waals surface area (Å²) in [7, 11) is 0. The van der Waals surface area contributed by atoms with Crippen molar-refractivity contribution in [3.05, 3.63) is 54.1 Å². The molecule has 1 unspecified atom stereocenters. The zero-order valence-corrected chi connectivity index (χ0v) is 15.7. The Balaban J connectivity index is 2.05. The van der Waals surface area contributed by atoms with Gasteiger partial charge in [-0.15, -0.1) is 0 Å². The van der Waals surface area contributed by atoms with Gasteiger partial charge in [-0.1, -0.05) is 12.1 Å². The maximum atomic E-state index is 12.2. The van der Waals surface area contributed by atoms with E-state index in [1.807, 2.05) is 13.0 Å². The number of hydrogen-bond donors (Lipinski definition) is 0. The summed E-state index contributed by atoms with van der Waals surface area (Å²) in [4.78, 5) is 0. The van der Waals surface area contributed by atoms with Gasteiger partial charge in [0.1, 0.15) is 17.2 Å². The molecule has 23 heavy (non-hydrogen) atoms. The highest BCUT2D eigenvalue weighted by atomic mass is 35.9. The van der Waals surface area contributed by atoms with Crippen molar-refractivity contribution in [2.24, 2.45) is 0 Å². The monoisotopic (exact) mass is 414 g/mol. The van der Waals surface area contributed by atoms with E-state index in [4.69, 9.17) is 47.3 Å². The summed E-state index contributed by atoms with van der Waals surface area (Å²) in [5, 5.41) is 0. The number of rotatable bonds is 6. The molecule has 1 atom stereocenters. The van der Waals surface area contributed by atoms with E-state index in [0.717, 1.165) is 5.56 Å². The van der Waals surface area contributed by atoms with Crippen LogP contribution in [0.5, 0.6) is 17.2 Å². The van der Waals surface area contributed by atoms with Gasteiger partial charge in [0.25, 0.3) is 0 Å². The second kappa shape index (κ2) is 7.38. The SMILES string of the molecule is Cc1cccc(OP(=O)(Cl)Oc2ccc(OP(=O)(Cl)Cl)cc2)c1. The molecule has 0 amide bonds. The molecule has 2 aromatic carbocycles. The smallest absolute Gasteiger partial charge is 0.422 e. The van der Waals surface area contributed by atoms with Crippen LogP contribution in [0, 0.1) is 6.92 Å². The van der Waals surface area contributed by atoms with Crippen LogP contribution in [-0.2, 0) is 9.13 Å². The van der Waals surface area contributed by atoms with Crippen LogP contribution >= 0.6 is 46.7 Å². The van der Waals surface area contributed by atoms with Crippen molar-refractivity contribution < 1.29 is 22.7 Å². The molecule has 2 rings (SSSR count). The molecule has 0 spiro atoms. The van der Waals surface area contributed by atoms with Crippen LogP contribution in [0.15, 0.2) is 48.5 Å². The van der Waals surface area contributed by atoms with Crippen molar-refractivity contribution in [2.45, 2.75) is 6.92 Å². The summed E-state index contributed by atoms with van der Waals surface area (Å²) < 4.78 is 38.4. The van der Waals surface area contributed by atoms with E-state index >= 15 is 0 Å². The van der Waals surface area contributed by atoms with Gasteiger partial charge in [0, 0.05) is 33.7 Å². The summed E-state index contributed by atoms with van der Waals surface area (Å²) in [5.74, 6) is 0.658. The van der Waals surface area contributed by atoms with Crippen LogP contribution < -0.4 is 13.6 Å². The standard InChI is InChI=1S/C13H11Cl3O5P2/c1-10-3-2-4-13(9-10)21-23(16,18)20-12-7-5-11(6-8-12)19-22(14,15)17/h2-9H,1H3. The summed E-state index contributed by atoms with van der Waals surface area (Å²) in [6, 6.07) is 12.4. The van der Waals surface area contributed by atoms with Crippen LogP contribution in [0.4, 0.5) is 0 Å². The van der Waals surface area contributed by atoms with Gasteiger partial charge in [-0.3, -0.25) is 0 Å². The second-order valence-corrected chi connectivity index (χ2v) is 11.1. The second-order valence-electron chi connectivity index (χ2n) is 4.41. The van der Waals surface area contributed by atoms with E-state index in [9.17, 15) is 9.13 Å². The van der Waals surface area contributed by atoms with Crippen molar-refractivity contribution in [3.8, 4) is 17.2 Å². The minimum atomic E-state index is -3.89. The highest BCUT2D eigenvalue weighted by Gasteiger charge is 2.25. The van der Waals surface area contributed by atoms with Crippen LogP contribution in [-0.4, -0.2) is 0 Å². The van der Waals surface area contributed by atoms with E-state index in [1.165, 1.54) is 24.3 Å². The molecule has 0 bridgehead atoms. The predicted octanol–water partition coefficient (Wildman–Crippen LogP) is 6.76. The third-order valence-corrected chi connectivity index (χ3v) is 4.56. The number of aryl methyl sites for hydroxylation is 1. The predicted molar refractivity (Wildman–Crippen MR) is 92.3 cm³/mol. The largest absolute Gasteiger partial charge is 0.530 e. The van der Waals surface area contributed by atoms with Crippen LogP contribution in [0.2, 0.25) is 0 Å². The summed E-state index contributed by atoms with van der Waals surface area (Å²) in [6.07, 6.45) is -3.70. The molecule has 0 aromatic heterocycles. The van der Waals surface area contributed by atoms with Crippen LogP contribution in [0.1, 0.15) is 5.56 Å². The van der Waals surface area contributed by atoms with Gasteiger partial charge in [0.15, 0.2) is 0 Å². The Hall–Kier alpha value is -0.830. The maximum Gasteiger partial charge on any atom is 0.530 e. The average Bonchev–Trinajstić information content (AvgIpc) is 2.38. The van der Waals surface area contributed by atoms with Crippen molar-refractivity contribution in [1.82, 2.24) is 0 Å². The molecular formula is C13H11Cl3O5P2. The van der Waals surface area contributed by atoms with Crippen molar-refractivity contribution in [2.75, 3.05) is 0 Å². The Bertz CT molecular complexity index is 775. The fourth-order valence-electron chi connectivity index (χ4n) is 1.63. The zero-order chi connectivity index (χ0) is 17.1. The zero-order valence-electron chi connectivity index (χ0n) is 11.7. The van der Waals surface area contributed by atoms with Gasteiger partial charge < -0.3 is 13.6 Å². The van der Waals surface area contributed by atoms with Crippen molar-refractivity contribution in [3.63, 3.8) is 0 Å². The van der Waals surface area contributed by atoms with Crippen LogP contribution in [0.25, 0.3) is 0 Å². The molecular weight excluding hydrogens is 404 g/mol. The Morgan fingerprint density at radius 2 is 1.30 bits per heavy atom. The average molecular weight is 416 g/mol. The molecule has 0 saturated heterocycles. The lowest BCUT2D eigenvalue weighted by Crippen LogP contribution is -1.95. The minimum absolute atomic E-state index is 0.162. The van der Waals surface area contributed by atoms with E-state index in [1.54, 1.807) is 18.2 Å². The summed E-state index contributed by atoms with van der Waals surface area (Å²) in [5.41, 5.74) is 0.923. The first-order valence-corrected chi connectivity index (χ1v) is 12.1. The van der Waals surface area contributed by atoms with Gasteiger partial charge in [0.05, 0.1) is 0 Å². The third kappa shape index (κ3) is 6.66. The van der Waals surface area contributed by atoms with Crippen LogP contribution in [0.3, 0.4) is 0 Å². The first-order valence-electron chi connectivity index (χ1n) is 6.18. The lowest BCUT2D eigenvalue weighted by Gasteiger charge is -2.14. The molecule has 0 radical (unpaired) electrons. The number of hydrogen-bond acceptors (Lipinski definition) is 5. The van der Waals surface area contributed by atoms with Crippen molar-refractivity contribution >= 4 is 46.7 Å². The maximum absolute atomic E-state index is 12.2. The highest BCUT2D eigenvalue weighted by Crippen LogP contribution is 2.57.